The van der Waals surface area contributed by atoms with Gasteiger partial charge >= 0.3 is 5.97 Å². The summed E-state index contributed by atoms with van der Waals surface area (Å²) < 4.78 is 9.85. The number of methoxy groups -OCH3 is 2. The van der Waals surface area contributed by atoms with Crippen LogP contribution < -0.4 is 4.74 Å². The second-order valence-corrected chi connectivity index (χ2v) is 4.46. The molecule has 0 saturated carbocycles. The van der Waals surface area contributed by atoms with Crippen molar-refractivity contribution in [3.63, 3.8) is 0 Å². The zero-order chi connectivity index (χ0) is 15.2. The summed E-state index contributed by atoms with van der Waals surface area (Å²) in [6.07, 6.45) is 0. The van der Waals surface area contributed by atoms with Crippen LogP contribution in [-0.4, -0.2) is 26.0 Å². The number of hydrogen-bond acceptors (Lipinski definition) is 4. The molecule has 2 aromatic rings. The molecule has 0 fully saturated rings. The second-order valence-electron chi connectivity index (χ2n) is 4.46. The maximum atomic E-state index is 12.6. The van der Waals surface area contributed by atoms with E-state index in [1.54, 1.807) is 55.6 Å². The predicted octanol–water partition coefficient (Wildman–Crippen LogP) is 2.83. The van der Waals surface area contributed by atoms with Crippen molar-refractivity contribution in [1.29, 1.82) is 0 Å². The number of ketones is 1. The van der Waals surface area contributed by atoms with E-state index in [-0.39, 0.29) is 5.78 Å². The summed E-state index contributed by atoms with van der Waals surface area (Å²) in [6, 6.07) is 15.5. The van der Waals surface area contributed by atoms with E-state index < -0.39 is 11.9 Å². The van der Waals surface area contributed by atoms with Crippen LogP contribution in [0.15, 0.2) is 54.6 Å². The maximum absolute atomic E-state index is 12.6. The van der Waals surface area contributed by atoms with Gasteiger partial charge in [0.15, 0.2) is 5.78 Å². The third-order valence-corrected chi connectivity index (χ3v) is 3.21. The molecule has 0 radical (unpaired) electrons. The number of carbonyl (C=O) groups is 2. The Kier molecular flexibility index (Phi) is 4.72. The maximum Gasteiger partial charge on any atom is 0.321 e. The van der Waals surface area contributed by atoms with Gasteiger partial charge in [-0.1, -0.05) is 42.5 Å². The fourth-order valence-electron chi connectivity index (χ4n) is 2.08. The predicted molar refractivity (Wildman–Crippen MR) is 78.5 cm³/mol. The molecular weight excluding hydrogens is 268 g/mol. The van der Waals surface area contributed by atoms with Crippen molar-refractivity contribution in [2.45, 2.75) is 5.92 Å². The van der Waals surface area contributed by atoms with Crippen molar-refractivity contribution in [3.8, 4) is 5.75 Å². The second kappa shape index (κ2) is 6.70. The number of ether oxygens (including phenoxy) is 2. The van der Waals surface area contributed by atoms with Crippen LogP contribution in [0.2, 0.25) is 0 Å². The van der Waals surface area contributed by atoms with Crippen LogP contribution >= 0.6 is 0 Å². The Morgan fingerprint density at radius 3 is 2.05 bits per heavy atom. The standard InChI is InChI=1S/C17H16O4/c1-20-14-10-8-12(9-11-14)15(17(19)21-2)16(18)13-6-4-3-5-7-13/h3-11,15H,1-2H3. The Hall–Kier alpha value is -2.62. The minimum atomic E-state index is -0.969. The van der Waals surface area contributed by atoms with Crippen molar-refractivity contribution in [3.05, 3.63) is 65.7 Å². The Balaban J connectivity index is 2.38. The van der Waals surface area contributed by atoms with Gasteiger partial charge < -0.3 is 9.47 Å². The molecule has 0 aromatic heterocycles. The fraction of sp³-hybridized carbons (Fsp3) is 0.176. The van der Waals surface area contributed by atoms with E-state index in [0.29, 0.717) is 16.9 Å². The highest BCUT2D eigenvalue weighted by molar-refractivity contribution is 6.12. The van der Waals surface area contributed by atoms with E-state index in [4.69, 9.17) is 9.47 Å². The summed E-state index contributed by atoms with van der Waals surface area (Å²) in [5.41, 5.74) is 1.06. The van der Waals surface area contributed by atoms with Crippen LogP contribution in [0.5, 0.6) is 5.75 Å². The SMILES string of the molecule is COC(=O)C(C(=O)c1ccccc1)c1ccc(OC)cc1. The van der Waals surface area contributed by atoms with Gasteiger partial charge in [-0.25, -0.2) is 0 Å². The molecule has 21 heavy (non-hydrogen) atoms. The smallest absolute Gasteiger partial charge is 0.321 e. The van der Waals surface area contributed by atoms with Gasteiger partial charge in [-0.15, -0.1) is 0 Å². The third kappa shape index (κ3) is 3.28. The number of benzene rings is 2. The Bertz CT molecular complexity index is 617. The summed E-state index contributed by atoms with van der Waals surface area (Å²) in [5, 5.41) is 0. The molecule has 4 heteroatoms. The van der Waals surface area contributed by atoms with E-state index in [1.165, 1.54) is 7.11 Å². The summed E-state index contributed by atoms with van der Waals surface area (Å²) in [5.74, 6) is -1.17. The van der Waals surface area contributed by atoms with Gasteiger partial charge in [-0.2, -0.15) is 0 Å². The van der Waals surface area contributed by atoms with Crippen LogP contribution in [0.3, 0.4) is 0 Å². The first kappa shape index (κ1) is 14.8. The first-order chi connectivity index (χ1) is 10.2. The van der Waals surface area contributed by atoms with Gasteiger partial charge in [0.25, 0.3) is 0 Å². The molecule has 2 aromatic carbocycles. The minimum absolute atomic E-state index is 0.285. The van der Waals surface area contributed by atoms with Crippen LogP contribution in [0.4, 0.5) is 0 Å². The van der Waals surface area contributed by atoms with Crippen LogP contribution in [0.25, 0.3) is 0 Å². The van der Waals surface area contributed by atoms with Crippen molar-refractivity contribution in [2.24, 2.45) is 0 Å². The van der Waals surface area contributed by atoms with Crippen LogP contribution in [0.1, 0.15) is 21.8 Å². The summed E-state index contributed by atoms with van der Waals surface area (Å²) in [4.78, 5) is 24.6. The zero-order valence-electron chi connectivity index (χ0n) is 11.9. The molecule has 0 aliphatic rings. The van der Waals surface area contributed by atoms with Gasteiger partial charge in [-0.3, -0.25) is 9.59 Å². The van der Waals surface area contributed by atoms with Crippen LogP contribution in [-0.2, 0) is 9.53 Å². The van der Waals surface area contributed by atoms with Crippen molar-refractivity contribution < 1.29 is 19.1 Å². The fourth-order valence-corrected chi connectivity index (χ4v) is 2.08. The Morgan fingerprint density at radius 1 is 0.905 bits per heavy atom. The molecule has 0 amide bonds. The third-order valence-electron chi connectivity index (χ3n) is 3.21. The van der Waals surface area contributed by atoms with E-state index in [2.05, 4.69) is 0 Å². The monoisotopic (exact) mass is 284 g/mol. The summed E-state index contributed by atoms with van der Waals surface area (Å²) in [6.45, 7) is 0. The average molecular weight is 284 g/mol. The van der Waals surface area contributed by atoms with Crippen molar-refractivity contribution in [2.75, 3.05) is 14.2 Å². The zero-order valence-corrected chi connectivity index (χ0v) is 11.9. The molecule has 0 heterocycles. The number of hydrogen-bond donors (Lipinski definition) is 0. The highest BCUT2D eigenvalue weighted by Crippen LogP contribution is 2.24. The molecule has 0 N–H and O–H groups in total. The van der Waals surface area contributed by atoms with Gasteiger partial charge in [0.1, 0.15) is 11.7 Å². The lowest BCUT2D eigenvalue weighted by Crippen LogP contribution is -2.23. The molecular formula is C17H16O4. The first-order valence-electron chi connectivity index (χ1n) is 6.48. The average Bonchev–Trinajstić information content (AvgIpc) is 2.56. The van der Waals surface area contributed by atoms with Crippen molar-refractivity contribution >= 4 is 11.8 Å². The molecule has 0 aliphatic carbocycles. The number of carbonyl (C=O) groups excluding carboxylic acids is 2. The molecule has 108 valence electrons. The topological polar surface area (TPSA) is 52.6 Å². The number of esters is 1. The minimum Gasteiger partial charge on any atom is -0.497 e. The molecule has 4 nitrogen and oxygen atoms in total. The Labute approximate surface area is 123 Å². The summed E-state index contributed by atoms with van der Waals surface area (Å²) >= 11 is 0. The normalized spacial score (nSPS) is 11.5. The molecule has 0 aliphatic heterocycles. The Morgan fingerprint density at radius 2 is 1.52 bits per heavy atom. The van der Waals surface area contributed by atoms with E-state index in [0.717, 1.165) is 0 Å². The summed E-state index contributed by atoms with van der Waals surface area (Å²) in [7, 11) is 2.83. The lowest BCUT2D eigenvalue weighted by atomic mass is 9.90. The van der Waals surface area contributed by atoms with Crippen LogP contribution in [0, 0.1) is 0 Å². The first-order valence-corrected chi connectivity index (χ1v) is 6.48. The number of rotatable bonds is 5. The van der Waals surface area contributed by atoms with Gasteiger partial charge in [-0.05, 0) is 17.7 Å². The largest absolute Gasteiger partial charge is 0.497 e. The highest BCUT2D eigenvalue weighted by atomic mass is 16.5. The van der Waals surface area contributed by atoms with E-state index in [1.807, 2.05) is 6.07 Å². The molecule has 0 bridgehead atoms. The quantitative estimate of drug-likeness (QED) is 0.481. The van der Waals surface area contributed by atoms with Gasteiger partial charge in [0.05, 0.1) is 14.2 Å². The molecule has 1 unspecified atom stereocenters. The lowest BCUT2D eigenvalue weighted by Gasteiger charge is -2.14. The van der Waals surface area contributed by atoms with E-state index in [9.17, 15) is 9.59 Å². The number of Topliss-reactive ketones (excluding diaryl/α,β-unsaturated/α-hetero) is 1. The van der Waals surface area contributed by atoms with Gasteiger partial charge in [0, 0.05) is 5.56 Å². The molecule has 0 saturated heterocycles. The molecule has 2 rings (SSSR count). The molecule has 0 spiro atoms. The van der Waals surface area contributed by atoms with Crippen molar-refractivity contribution in [1.82, 2.24) is 0 Å². The lowest BCUT2D eigenvalue weighted by molar-refractivity contribution is -0.141. The van der Waals surface area contributed by atoms with Gasteiger partial charge in [0.2, 0.25) is 0 Å². The molecule has 1 atom stereocenters. The van der Waals surface area contributed by atoms with E-state index >= 15 is 0 Å². The highest BCUT2D eigenvalue weighted by Gasteiger charge is 2.30.